The van der Waals surface area contributed by atoms with E-state index in [2.05, 4.69) is 31.9 Å². The van der Waals surface area contributed by atoms with E-state index in [-0.39, 0.29) is 0 Å². The number of nitrogens with two attached hydrogens (primary N) is 1. The van der Waals surface area contributed by atoms with Gasteiger partial charge in [-0.15, -0.1) is 0 Å². The summed E-state index contributed by atoms with van der Waals surface area (Å²) in [6.07, 6.45) is 1.22. The fourth-order valence-corrected chi connectivity index (χ4v) is 1.69. The molecule has 1 aromatic heterocycles. The van der Waals surface area contributed by atoms with Crippen molar-refractivity contribution in [1.82, 2.24) is 4.90 Å². The summed E-state index contributed by atoms with van der Waals surface area (Å²) in [5.41, 5.74) is 6.75. The van der Waals surface area contributed by atoms with Crippen LogP contribution < -0.4 is 5.73 Å². The van der Waals surface area contributed by atoms with E-state index in [0.29, 0.717) is 6.54 Å². The van der Waals surface area contributed by atoms with Crippen molar-refractivity contribution in [2.24, 2.45) is 11.7 Å². The molecule has 0 amide bonds. The van der Waals surface area contributed by atoms with Gasteiger partial charge in [-0.2, -0.15) is 0 Å². The summed E-state index contributed by atoms with van der Waals surface area (Å²) >= 11 is 0. The van der Waals surface area contributed by atoms with Crippen molar-refractivity contribution >= 4 is 0 Å². The van der Waals surface area contributed by atoms with E-state index < -0.39 is 0 Å². The minimum Gasteiger partial charge on any atom is -0.463 e. The largest absolute Gasteiger partial charge is 0.463 e. The first-order chi connectivity index (χ1) is 7.52. The van der Waals surface area contributed by atoms with Crippen molar-refractivity contribution in [2.75, 3.05) is 13.6 Å². The summed E-state index contributed by atoms with van der Waals surface area (Å²) in [4.78, 5) is 2.29. The van der Waals surface area contributed by atoms with Crippen molar-refractivity contribution in [2.45, 2.75) is 40.3 Å². The van der Waals surface area contributed by atoms with Gasteiger partial charge in [0, 0.05) is 0 Å². The highest BCUT2D eigenvalue weighted by Crippen LogP contribution is 2.15. The zero-order valence-corrected chi connectivity index (χ0v) is 10.9. The quantitative estimate of drug-likeness (QED) is 0.807. The predicted octanol–water partition coefficient (Wildman–Crippen LogP) is 2.52. The number of rotatable bonds is 6. The van der Waals surface area contributed by atoms with E-state index in [1.165, 1.54) is 6.42 Å². The normalized spacial score (nSPS) is 11.7. The van der Waals surface area contributed by atoms with E-state index in [1.807, 2.05) is 6.92 Å². The standard InChI is InChI=1S/C13H24N2O/c1-10(2)5-6-15(4)9-12-7-11(3)13(8-14)16-12/h7,10H,5-6,8-9,14H2,1-4H3. The van der Waals surface area contributed by atoms with Crippen LogP contribution in [0, 0.1) is 12.8 Å². The molecule has 3 heteroatoms. The minimum absolute atomic E-state index is 0.488. The Hall–Kier alpha value is -0.800. The van der Waals surface area contributed by atoms with Gasteiger partial charge < -0.3 is 10.2 Å². The maximum atomic E-state index is 5.67. The third-order valence-corrected chi connectivity index (χ3v) is 2.77. The second-order valence-corrected chi connectivity index (χ2v) is 4.94. The summed E-state index contributed by atoms with van der Waals surface area (Å²) in [7, 11) is 2.13. The van der Waals surface area contributed by atoms with Crippen LogP contribution in [0.2, 0.25) is 0 Å². The summed E-state index contributed by atoms with van der Waals surface area (Å²) in [5.74, 6) is 2.68. The van der Waals surface area contributed by atoms with E-state index in [1.54, 1.807) is 0 Å². The highest BCUT2D eigenvalue weighted by Gasteiger charge is 2.08. The number of furan rings is 1. The highest BCUT2D eigenvalue weighted by molar-refractivity contribution is 5.19. The SMILES string of the molecule is Cc1cc(CN(C)CCC(C)C)oc1CN. The molecule has 92 valence electrons. The second-order valence-electron chi connectivity index (χ2n) is 4.94. The Morgan fingerprint density at radius 1 is 1.44 bits per heavy atom. The molecular formula is C13H24N2O. The van der Waals surface area contributed by atoms with Crippen molar-refractivity contribution < 1.29 is 4.42 Å². The molecule has 3 nitrogen and oxygen atoms in total. The lowest BCUT2D eigenvalue weighted by molar-refractivity contribution is 0.274. The van der Waals surface area contributed by atoms with Gasteiger partial charge in [-0.1, -0.05) is 13.8 Å². The molecule has 0 spiro atoms. The molecule has 0 aliphatic heterocycles. The average Bonchev–Trinajstić information content (AvgIpc) is 2.55. The molecule has 16 heavy (non-hydrogen) atoms. The molecule has 0 saturated heterocycles. The Kier molecular flexibility index (Phi) is 5.03. The molecule has 0 aliphatic rings. The zero-order valence-electron chi connectivity index (χ0n) is 10.9. The number of nitrogens with zero attached hydrogens (tertiary/aromatic N) is 1. The maximum absolute atomic E-state index is 5.67. The number of hydrogen-bond acceptors (Lipinski definition) is 3. The first kappa shape index (κ1) is 13.3. The molecule has 0 saturated carbocycles. The Morgan fingerprint density at radius 2 is 2.12 bits per heavy atom. The van der Waals surface area contributed by atoms with Crippen molar-refractivity contribution in [3.8, 4) is 0 Å². The average molecular weight is 224 g/mol. The van der Waals surface area contributed by atoms with Crippen LogP contribution in [0.5, 0.6) is 0 Å². The third-order valence-electron chi connectivity index (χ3n) is 2.77. The van der Waals surface area contributed by atoms with Crippen LogP contribution in [0.25, 0.3) is 0 Å². The predicted molar refractivity (Wildman–Crippen MR) is 67.1 cm³/mol. The van der Waals surface area contributed by atoms with Gasteiger partial charge in [-0.25, -0.2) is 0 Å². The molecule has 0 unspecified atom stereocenters. The molecule has 0 aromatic carbocycles. The minimum atomic E-state index is 0.488. The molecule has 1 rings (SSSR count). The lowest BCUT2D eigenvalue weighted by Crippen LogP contribution is -2.20. The molecule has 0 bridgehead atoms. The Bertz CT molecular complexity index is 318. The van der Waals surface area contributed by atoms with Crippen LogP contribution in [-0.4, -0.2) is 18.5 Å². The van der Waals surface area contributed by atoms with Crippen LogP contribution in [0.1, 0.15) is 37.4 Å². The van der Waals surface area contributed by atoms with Crippen LogP contribution in [-0.2, 0) is 13.1 Å². The molecule has 0 fully saturated rings. The second kappa shape index (κ2) is 6.06. The van der Waals surface area contributed by atoms with Gasteiger partial charge in [0.05, 0.1) is 13.1 Å². The Balaban J connectivity index is 2.46. The maximum Gasteiger partial charge on any atom is 0.120 e. The van der Waals surface area contributed by atoms with E-state index >= 15 is 0 Å². The Labute approximate surface area is 98.6 Å². The van der Waals surface area contributed by atoms with Crippen molar-refractivity contribution in [3.63, 3.8) is 0 Å². The van der Waals surface area contributed by atoms with Gasteiger partial charge in [0.1, 0.15) is 11.5 Å². The van der Waals surface area contributed by atoms with Gasteiger partial charge in [-0.05, 0) is 44.5 Å². The lowest BCUT2D eigenvalue weighted by Gasteiger charge is -2.16. The van der Waals surface area contributed by atoms with Crippen molar-refractivity contribution in [1.29, 1.82) is 0 Å². The van der Waals surface area contributed by atoms with Gasteiger partial charge >= 0.3 is 0 Å². The van der Waals surface area contributed by atoms with Crippen LogP contribution in [0.15, 0.2) is 10.5 Å². The smallest absolute Gasteiger partial charge is 0.120 e. The van der Waals surface area contributed by atoms with Crippen molar-refractivity contribution in [3.05, 3.63) is 23.2 Å². The third kappa shape index (κ3) is 3.99. The van der Waals surface area contributed by atoms with Crippen LogP contribution in [0.4, 0.5) is 0 Å². The topological polar surface area (TPSA) is 42.4 Å². The van der Waals surface area contributed by atoms with E-state index in [4.69, 9.17) is 10.2 Å². The number of hydrogen-bond donors (Lipinski definition) is 1. The number of aryl methyl sites for hydroxylation is 1. The van der Waals surface area contributed by atoms with Gasteiger partial charge in [0.15, 0.2) is 0 Å². The molecular weight excluding hydrogens is 200 g/mol. The van der Waals surface area contributed by atoms with E-state index in [9.17, 15) is 0 Å². The van der Waals surface area contributed by atoms with Crippen LogP contribution in [0.3, 0.4) is 0 Å². The summed E-state index contributed by atoms with van der Waals surface area (Å²) in [6, 6.07) is 2.09. The first-order valence-electron chi connectivity index (χ1n) is 5.99. The molecule has 2 N–H and O–H groups in total. The lowest BCUT2D eigenvalue weighted by atomic mass is 10.1. The molecule has 1 aromatic rings. The fourth-order valence-electron chi connectivity index (χ4n) is 1.69. The fraction of sp³-hybridized carbons (Fsp3) is 0.692. The molecule has 0 radical (unpaired) electrons. The summed E-state index contributed by atoms with van der Waals surface area (Å²) < 4.78 is 5.67. The molecule has 0 aliphatic carbocycles. The van der Waals surface area contributed by atoms with Gasteiger partial charge in [0.25, 0.3) is 0 Å². The molecule has 0 atom stereocenters. The monoisotopic (exact) mass is 224 g/mol. The zero-order chi connectivity index (χ0) is 12.1. The van der Waals surface area contributed by atoms with Crippen LogP contribution >= 0.6 is 0 Å². The molecule has 1 heterocycles. The van der Waals surface area contributed by atoms with E-state index in [0.717, 1.165) is 36.1 Å². The Morgan fingerprint density at radius 3 is 2.62 bits per heavy atom. The van der Waals surface area contributed by atoms with Gasteiger partial charge in [-0.3, -0.25) is 4.90 Å². The summed E-state index contributed by atoms with van der Waals surface area (Å²) in [5, 5.41) is 0. The first-order valence-corrected chi connectivity index (χ1v) is 5.99. The van der Waals surface area contributed by atoms with Gasteiger partial charge in [0.2, 0.25) is 0 Å². The summed E-state index contributed by atoms with van der Waals surface area (Å²) in [6.45, 7) is 9.00. The highest BCUT2D eigenvalue weighted by atomic mass is 16.3.